The Kier molecular flexibility index (Phi) is 5.11. The number of anilines is 1. The maximum absolute atomic E-state index is 12.6. The van der Waals surface area contributed by atoms with E-state index in [9.17, 15) is 4.79 Å². The highest BCUT2D eigenvalue weighted by Gasteiger charge is 2.11. The summed E-state index contributed by atoms with van der Waals surface area (Å²) < 4.78 is 0. The normalized spacial score (nSPS) is 10.7. The summed E-state index contributed by atoms with van der Waals surface area (Å²) in [7, 11) is 1.77. The molecule has 0 spiro atoms. The number of rotatable bonds is 5. The van der Waals surface area contributed by atoms with E-state index >= 15 is 0 Å². The Morgan fingerprint density at radius 2 is 1.93 bits per heavy atom. The van der Waals surface area contributed by atoms with Crippen LogP contribution in [0.2, 0.25) is 0 Å². The Labute approximate surface area is 168 Å². The number of pyridine rings is 2. The zero-order chi connectivity index (χ0) is 20.2. The fourth-order valence-corrected chi connectivity index (χ4v) is 3.04. The molecule has 0 aliphatic heterocycles. The van der Waals surface area contributed by atoms with Crippen LogP contribution in [0, 0.1) is 6.92 Å². The van der Waals surface area contributed by atoms with Gasteiger partial charge in [0, 0.05) is 42.2 Å². The molecule has 4 aromatic rings. The molecular weight excluding hydrogens is 364 g/mol. The van der Waals surface area contributed by atoms with Gasteiger partial charge in [0.05, 0.1) is 12.2 Å². The Morgan fingerprint density at radius 3 is 2.72 bits per heavy atom. The molecule has 3 aromatic heterocycles. The molecule has 3 heterocycles. The smallest absolute Gasteiger partial charge is 0.251 e. The van der Waals surface area contributed by atoms with Gasteiger partial charge in [0.15, 0.2) is 5.65 Å². The van der Waals surface area contributed by atoms with Crippen molar-refractivity contribution in [3.05, 3.63) is 77.9 Å². The predicted molar refractivity (Wildman–Crippen MR) is 112 cm³/mol. The second-order valence-corrected chi connectivity index (χ2v) is 6.61. The Hall–Kier alpha value is -3.87. The van der Waals surface area contributed by atoms with Gasteiger partial charge in [-0.1, -0.05) is 12.1 Å². The summed E-state index contributed by atoms with van der Waals surface area (Å²) in [5.74, 6) is 0.383. The van der Waals surface area contributed by atoms with Gasteiger partial charge in [-0.2, -0.15) is 4.98 Å². The van der Waals surface area contributed by atoms with E-state index in [1.165, 1.54) is 0 Å². The van der Waals surface area contributed by atoms with Gasteiger partial charge >= 0.3 is 0 Å². The van der Waals surface area contributed by atoms with Gasteiger partial charge in [0.25, 0.3) is 5.91 Å². The molecule has 0 atom stereocenters. The largest absolute Gasteiger partial charge is 0.357 e. The summed E-state index contributed by atoms with van der Waals surface area (Å²) in [4.78, 5) is 29.9. The molecule has 29 heavy (non-hydrogen) atoms. The van der Waals surface area contributed by atoms with Crippen LogP contribution in [0.25, 0.3) is 22.2 Å². The molecule has 0 saturated heterocycles. The maximum atomic E-state index is 12.6. The van der Waals surface area contributed by atoms with E-state index < -0.39 is 0 Å². The zero-order valence-corrected chi connectivity index (χ0v) is 16.2. The van der Waals surface area contributed by atoms with Crippen LogP contribution in [-0.2, 0) is 6.54 Å². The van der Waals surface area contributed by atoms with E-state index in [1.54, 1.807) is 25.6 Å². The maximum Gasteiger partial charge on any atom is 0.251 e. The number of hydrogen-bond acceptors (Lipinski definition) is 6. The lowest BCUT2D eigenvalue weighted by atomic mass is 9.98. The predicted octanol–water partition coefficient (Wildman–Crippen LogP) is 3.37. The SMILES string of the molecule is CNc1ncc2cc(-c3cc(C(=O)NCc4ccccn4)ccc3C)cnc2n1. The number of aromatic nitrogens is 4. The number of amides is 1. The van der Waals surface area contributed by atoms with Gasteiger partial charge in [-0.15, -0.1) is 0 Å². The third-order valence-corrected chi connectivity index (χ3v) is 4.62. The van der Waals surface area contributed by atoms with Crippen molar-refractivity contribution >= 4 is 22.9 Å². The first kappa shape index (κ1) is 18.5. The second kappa shape index (κ2) is 8.02. The molecule has 0 radical (unpaired) electrons. The molecule has 1 aromatic carbocycles. The quantitative estimate of drug-likeness (QED) is 0.548. The van der Waals surface area contributed by atoms with Gasteiger partial charge in [-0.3, -0.25) is 9.78 Å². The minimum atomic E-state index is -0.146. The van der Waals surface area contributed by atoms with Crippen molar-refractivity contribution in [3.63, 3.8) is 0 Å². The number of fused-ring (bicyclic) bond motifs is 1. The lowest BCUT2D eigenvalue weighted by Crippen LogP contribution is -2.23. The number of nitrogens with one attached hydrogen (secondary N) is 2. The second-order valence-electron chi connectivity index (χ2n) is 6.61. The Morgan fingerprint density at radius 1 is 1.03 bits per heavy atom. The molecule has 0 bridgehead atoms. The minimum Gasteiger partial charge on any atom is -0.357 e. The Bertz CT molecular complexity index is 1180. The van der Waals surface area contributed by atoms with Gasteiger partial charge in [-0.25, -0.2) is 9.97 Å². The summed E-state index contributed by atoms with van der Waals surface area (Å²) in [5.41, 5.74) is 4.93. The van der Waals surface area contributed by atoms with Crippen LogP contribution < -0.4 is 10.6 Å². The molecule has 0 fully saturated rings. The fourth-order valence-electron chi connectivity index (χ4n) is 3.04. The molecule has 0 aliphatic carbocycles. The molecule has 4 rings (SSSR count). The van der Waals surface area contributed by atoms with E-state index in [0.29, 0.717) is 23.7 Å². The van der Waals surface area contributed by atoms with E-state index in [2.05, 4.69) is 30.6 Å². The molecule has 1 amide bonds. The van der Waals surface area contributed by atoms with Crippen molar-refractivity contribution in [1.82, 2.24) is 25.3 Å². The first-order chi connectivity index (χ1) is 14.1. The van der Waals surface area contributed by atoms with Crippen molar-refractivity contribution in [2.75, 3.05) is 12.4 Å². The minimum absolute atomic E-state index is 0.146. The molecule has 0 unspecified atom stereocenters. The number of hydrogen-bond donors (Lipinski definition) is 2. The molecule has 7 heteroatoms. The van der Waals surface area contributed by atoms with E-state index in [4.69, 9.17) is 0 Å². The summed E-state index contributed by atoms with van der Waals surface area (Å²) in [5, 5.41) is 6.66. The third-order valence-electron chi connectivity index (χ3n) is 4.62. The average molecular weight is 384 g/mol. The number of benzene rings is 1. The van der Waals surface area contributed by atoms with Crippen LogP contribution in [0.1, 0.15) is 21.6 Å². The van der Waals surface area contributed by atoms with Crippen LogP contribution in [0.4, 0.5) is 5.95 Å². The lowest BCUT2D eigenvalue weighted by molar-refractivity contribution is 0.0950. The summed E-state index contributed by atoms with van der Waals surface area (Å²) in [6.07, 6.45) is 5.22. The number of nitrogens with zero attached hydrogens (tertiary/aromatic N) is 4. The van der Waals surface area contributed by atoms with Crippen LogP contribution in [-0.4, -0.2) is 32.9 Å². The molecule has 7 nitrogen and oxygen atoms in total. The lowest BCUT2D eigenvalue weighted by Gasteiger charge is -2.10. The van der Waals surface area contributed by atoms with Crippen molar-refractivity contribution in [1.29, 1.82) is 0 Å². The average Bonchev–Trinajstić information content (AvgIpc) is 2.77. The monoisotopic (exact) mass is 384 g/mol. The van der Waals surface area contributed by atoms with E-state index in [-0.39, 0.29) is 5.91 Å². The summed E-state index contributed by atoms with van der Waals surface area (Å²) >= 11 is 0. The number of carbonyl (C=O) groups excluding carboxylic acids is 1. The molecular formula is C22H20N6O. The van der Waals surface area contributed by atoms with E-state index in [0.717, 1.165) is 27.8 Å². The molecule has 144 valence electrons. The summed E-state index contributed by atoms with van der Waals surface area (Å²) in [6.45, 7) is 2.39. The van der Waals surface area contributed by atoms with Gasteiger partial charge < -0.3 is 10.6 Å². The Balaban J connectivity index is 1.61. The third kappa shape index (κ3) is 4.03. The zero-order valence-electron chi connectivity index (χ0n) is 16.2. The van der Waals surface area contributed by atoms with Gasteiger partial charge in [0.1, 0.15) is 0 Å². The first-order valence-electron chi connectivity index (χ1n) is 9.24. The highest BCUT2D eigenvalue weighted by Crippen LogP contribution is 2.26. The van der Waals surface area contributed by atoms with Crippen molar-refractivity contribution < 1.29 is 4.79 Å². The van der Waals surface area contributed by atoms with E-state index in [1.807, 2.05) is 49.4 Å². The van der Waals surface area contributed by atoms with Crippen LogP contribution >= 0.6 is 0 Å². The summed E-state index contributed by atoms with van der Waals surface area (Å²) in [6, 6.07) is 13.3. The van der Waals surface area contributed by atoms with Gasteiger partial charge in [-0.05, 0) is 48.4 Å². The highest BCUT2D eigenvalue weighted by atomic mass is 16.1. The van der Waals surface area contributed by atoms with Crippen LogP contribution in [0.5, 0.6) is 0 Å². The number of carbonyl (C=O) groups is 1. The van der Waals surface area contributed by atoms with Crippen LogP contribution in [0.15, 0.2) is 61.1 Å². The topological polar surface area (TPSA) is 92.7 Å². The standard InChI is InChI=1S/C22H20N6O/c1-14-6-7-15(21(29)26-13-18-5-3-4-8-24-18)10-19(14)16-9-17-12-27-22(23-2)28-20(17)25-11-16/h3-12H,13H2,1-2H3,(H,26,29)(H,23,25,27,28). The number of aryl methyl sites for hydroxylation is 1. The molecule has 0 saturated carbocycles. The van der Waals surface area contributed by atoms with Crippen LogP contribution in [0.3, 0.4) is 0 Å². The van der Waals surface area contributed by atoms with Gasteiger partial charge in [0.2, 0.25) is 5.95 Å². The molecule has 0 aliphatic rings. The van der Waals surface area contributed by atoms with Crippen molar-refractivity contribution in [2.45, 2.75) is 13.5 Å². The fraction of sp³-hybridized carbons (Fsp3) is 0.136. The van der Waals surface area contributed by atoms with Crippen molar-refractivity contribution in [2.24, 2.45) is 0 Å². The highest BCUT2D eigenvalue weighted by molar-refractivity contribution is 5.96. The van der Waals surface area contributed by atoms with Crippen molar-refractivity contribution in [3.8, 4) is 11.1 Å². The first-order valence-corrected chi connectivity index (χ1v) is 9.24. The molecule has 2 N–H and O–H groups in total.